The molecule has 6 nitrogen and oxygen atoms in total. The Morgan fingerprint density at radius 3 is 2.59 bits per heavy atom. The van der Waals surface area contributed by atoms with Gasteiger partial charge in [-0.25, -0.2) is 0 Å². The van der Waals surface area contributed by atoms with Gasteiger partial charge < -0.3 is 10.1 Å². The van der Waals surface area contributed by atoms with Crippen LogP contribution in [0.15, 0.2) is 53.3 Å². The van der Waals surface area contributed by atoms with Gasteiger partial charge in [-0.1, -0.05) is 23.7 Å². The molecule has 0 aliphatic heterocycles. The van der Waals surface area contributed by atoms with Crippen molar-refractivity contribution in [3.63, 3.8) is 0 Å². The third kappa shape index (κ3) is 4.66. The van der Waals surface area contributed by atoms with E-state index in [2.05, 4.69) is 10.4 Å². The first kappa shape index (κ1) is 20.6. The molecule has 0 aliphatic rings. The summed E-state index contributed by atoms with van der Waals surface area (Å²) in [6.07, 6.45) is -0.827. The smallest absolute Gasteiger partial charge is 0.271 e. The molecule has 7 heteroatoms. The number of hydrogen-bond acceptors (Lipinski definition) is 4. The Morgan fingerprint density at radius 2 is 1.86 bits per heavy atom. The molecular weight excluding hydrogens is 390 g/mol. The Balaban J connectivity index is 1.79. The first-order chi connectivity index (χ1) is 13.8. The Morgan fingerprint density at radius 1 is 1.10 bits per heavy atom. The van der Waals surface area contributed by atoms with Crippen molar-refractivity contribution in [2.45, 2.75) is 33.8 Å². The van der Waals surface area contributed by atoms with Crippen LogP contribution < -0.4 is 15.6 Å². The van der Waals surface area contributed by atoms with Crippen molar-refractivity contribution < 1.29 is 9.53 Å². The topological polar surface area (TPSA) is 73.2 Å². The fraction of sp³-hybridized carbons (Fsp3) is 0.227. The number of carbonyl (C=O) groups is 1. The Kier molecular flexibility index (Phi) is 6.03. The number of aromatic nitrogens is 2. The molecule has 150 valence electrons. The van der Waals surface area contributed by atoms with Gasteiger partial charge in [0.05, 0.1) is 5.69 Å². The summed E-state index contributed by atoms with van der Waals surface area (Å²) >= 11 is 6.09. The van der Waals surface area contributed by atoms with E-state index in [-0.39, 0.29) is 17.3 Å². The average Bonchev–Trinajstić information content (AvgIpc) is 2.69. The maximum Gasteiger partial charge on any atom is 0.271 e. The lowest BCUT2D eigenvalue weighted by Gasteiger charge is -2.16. The number of nitrogens with zero attached hydrogens (tertiary/aromatic N) is 2. The molecule has 1 N–H and O–H groups in total. The molecule has 3 aromatic rings. The van der Waals surface area contributed by atoms with Gasteiger partial charge in [-0.3, -0.25) is 9.59 Å². The summed E-state index contributed by atoms with van der Waals surface area (Å²) in [4.78, 5) is 24.8. The van der Waals surface area contributed by atoms with Crippen LogP contribution in [0.3, 0.4) is 0 Å². The molecule has 2 aromatic carbocycles. The SMILES string of the molecule is Cc1ccc(-n2nc(O[C@@H](C)C(=O)Nc3cccc(Cl)c3C)ccc2=O)cc1C. The summed E-state index contributed by atoms with van der Waals surface area (Å²) in [5, 5.41) is 7.62. The number of amides is 1. The molecule has 0 bridgehead atoms. The molecule has 1 aromatic heterocycles. The van der Waals surface area contributed by atoms with Crippen molar-refractivity contribution in [2.75, 3.05) is 5.32 Å². The van der Waals surface area contributed by atoms with Gasteiger partial charge in [-0.05, 0) is 68.7 Å². The van der Waals surface area contributed by atoms with Crippen molar-refractivity contribution in [1.29, 1.82) is 0 Å². The molecule has 0 unspecified atom stereocenters. The minimum atomic E-state index is -0.827. The second kappa shape index (κ2) is 8.49. The van der Waals surface area contributed by atoms with Crippen LogP contribution in [0.2, 0.25) is 5.02 Å². The summed E-state index contributed by atoms with van der Waals surface area (Å²) < 4.78 is 6.93. The minimum absolute atomic E-state index is 0.174. The molecule has 1 atom stereocenters. The second-order valence-electron chi connectivity index (χ2n) is 6.85. The number of nitrogens with one attached hydrogen (secondary N) is 1. The fourth-order valence-corrected chi connectivity index (χ4v) is 2.89. The van der Waals surface area contributed by atoms with Crippen LogP contribution in [0.1, 0.15) is 23.6 Å². The summed E-state index contributed by atoms with van der Waals surface area (Å²) in [6, 6.07) is 13.7. The summed E-state index contributed by atoms with van der Waals surface area (Å²) in [5.74, 6) is -0.172. The van der Waals surface area contributed by atoms with Gasteiger partial charge in [0.15, 0.2) is 6.10 Å². The Hall–Kier alpha value is -3.12. The zero-order valence-electron chi connectivity index (χ0n) is 16.7. The van der Waals surface area contributed by atoms with Gasteiger partial charge >= 0.3 is 0 Å². The molecule has 0 radical (unpaired) electrons. The molecule has 1 heterocycles. The highest BCUT2D eigenvalue weighted by Crippen LogP contribution is 2.23. The van der Waals surface area contributed by atoms with E-state index < -0.39 is 6.10 Å². The van der Waals surface area contributed by atoms with Crippen molar-refractivity contribution in [1.82, 2.24) is 9.78 Å². The van der Waals surface area contributed by atoms with E-state index in [0.717, 1.165) is 16.7 Å². The number of carbonyl (C=O) groups excluding carboxylic acids is 1. The lowest BCUT2D eigenvalue weighted by Crippen LogP contribution is -2.31. The average molecular weight is 412 g/mol. The van der Waals surface area contributed by atoms with Gasteiger partial charge in [0, 0.05) is 22.8 Å². The first-order valence-corrected chi connectivity index (χ1v) is 9.54. The standard InChI is InChI=1S/C22H22ClN3O3/c1-13-8-9-17(12-14(13)2)26-21(27)11-10-20(25-26)29-16(4)22(28)24-19-7-5-6-18(23)15(19)3/h5-12,16H,1-4H3,(H,24,28)/t16-/m0/s1. The maximum absolute atomic E-state index is 12.5. The van der Waals surface area contributed by atoms with Gasteiger partial charge in [0.2, 0.25) is 5.88 Å². The van der Waals surface area contributed by atoms with Crippen LogP contribution in [0.25, 0.3) is 5.69 Å². The lowest BCUT2D eigenvalue weighted by atomic mass is 10.1. The molecule has 0 spiro atoms. The van der Waals surface area contributed by atoms with Gasteiger partial charge in [0.25, 0.3) is 11.5 Å². The normalized spacial score (nSPS) is 11.8. The molecular formula is C22H22ClN3O3. The molecule has 3 rings (SSSR count). The highest BCUT2D eigenvalue weighted by molar-refractivity contribution is 6.31. The predicted octanol–water partition coefficient (Wildman–Crippen LogP) is 4.22. The highest BCUT2D eigenvalue weighted by atomic mass is 35.5. The van der Waals surface area contributed by atoms with Crippen LogP contribution in [-0.2, 0) is 4.79 Å². The summed E-state index contributed by atoms with van der Waals surface area (Å²) in [5.41, 5.74) is 3.91. The van der Waals surface area contributed by atoms with Crippen LogP contribution >= 0.6 is 11.6 Å². The monoisotopic (exact) mass is 411 g/mol. The van der Waals surface area contributed by atoms with Crippen LogP contribution in [0, 0.1) is 20.8 Å². The first-order valence-electron chi connectivity index (χ1n) is 9.17. The molecule has 0 fully saturated rings. The van der Waals surface area contributed by atoms with E-state index in [1.165, 1.54) is 16.8 Å². The van der Waals surface area contributed by atoms with E-state index in [9.17, 15) is 9.59 Å². The van der Waals surface area contributed by atoms with Crippen molar-refractivity contribution in [3.05, 3.63) is 80.6 Å². The molecule has 0 saturated heterocycles. The van der Waals surface area contributed by atoms with Crippen molar-refractivity contribution >= 4 is 23.2 Å². The quantitative estimate of drug-likeness (QED) is 0.682. The van der Waals surface area contributed by atoms with E-state index in [0.29, 0.717) is 16.4 Å². The van der Waals surface area contributed by atoms with E-state index >= 15 is 0 Å². The number of benzene rings is 2. The second-order valence-corrected chi connectivity index (χ2v) is 7.26. The summed E-state index contributed by atoms with van der Waals surface area (Å²) in [6.45, 7) is 7.40. The third-order valence-electron chi connectivity index (χ3n) is 4.70. The molecule has 1 amide bonds. The molecule has 0 saturated carbocycles. The maximum atomic E-state index is 12.5. The fourth-order valence-electron chi connectivity index (χ4n) is 2.71. The van der Waals surface area contributed by atoms with E-state index in [4.69, 9.17) is 16.3 Å². The Bertz CT molecular complexity index is 1120. The van der Waals surface area contributed by atoms with Crippen molar-refractivity contribution in [2.24, 2.45) is 0 Å². The van der Waals surface area contributed by atoms with Gasteiger partial charge in [-0.15, -0.1) is 5.10 Å². The Labute approximate surface area is 174 Å². The van der Waals surface area contributed by atoms with Crippen molar-refractivity contribution in [3.8, 4) is 11.6 Å². The van der Waals surface area contributed by atoms with Crippen LogP contribution in [-0.4, -0.2) is 21.8 Å². The van der Waals surface area contributed by atoms with Crippen LogP contribution in [0.5, 0.6) is 5.88 Å². The number of halogens is 1. The number of hydrogen-bond donors (Lipinski definition) is 1. The zero-order chi connectivity index (χ0) is 21.1. The number of anilines is 1. The number of rotatable bonds is 5. The summed E-state index contributed by atoms with van der Waals surface area (Å²) in [7, 11) is 0. The third-order valence-corrected chi connectivity index (χ3v) is 5.11. The van der Waals surface area contributed by atoms with Gasteiger partial charge in [0.1, 0.15) is 0 Å². The van der Waals surface area contributed by atoms with Crippen LogP contribution in [0.4, 0.5) is 5.69 Å². The largest absolute Gasteiger partial charge is 0.463 e. The van der Waals surface area contributed by atoms with E-state index in [1.807, 2.05) is 39.0 Å². The molecule has 29 heavy (non-hydrogen) atoms. The number of ether oxygens (including phenoxy) is 1. The van der Waals surface area contributed by atoms with E-state index in [1.54, 1.807) is 25.1 Å². The zero-order valence-corrected chi connectivity index (χ0v) is 17.4. The molecule has 0 aliphatic carbocycles. The minimum Gasteiger partial charge on any atom is -0.463 e. The number of aryl methyl sites for hydroxylation is 2. The van der Waals surface area contributed by atoms with Gasteiger partial charge in [-0.2, -0.15) is 4.68 Å². The highest BCUT2D eigenvalue weighted by Gasteiger charge is 2.17. The predicted molar refractivity (Wildman–Crippen MR) is 114 cm³/mol. The lowest BCUT2D eigenvalue weighted by molar-refractivity contribution is -0.122.